The van der Waals surface area contributed by atoms with Crippen LogP contribution in [0.25, 0.3) is 0 Å². The quantitative estimate of drug-likeness (QED) is 0.365. The number of hydrogen-bond acceptors (Lipinski definition) is 2. The summed E-state index contributed by atoms with van der Waals surface area (Å²) in [5.41, 5.74) is 4.72. The fourth-order valence-corrected chi connectivity index (χ4v) is 5.15. The second kappa shape index (κ2) is 7.10. The fourth-order valence-electron chi connectivity index (χ4n) is 4.75. The first-order valence-corrected chi connectivity index (χ1v) is 10.4. The van der Waals surface area contributed by atoms with E-state index in [9.17, 15) is 0 Å². The van der Waals surface area contributed by atoms with Gasteiger partial charge in [0.05, 0.1) is 5.69 Å². The highest BCUT2D eigenvalue weighted by atomic mass is 35.5. The van der Waals surface area contributed by atoms with Crippen LogP contribution in [0.1, 0.15) is 41.5 Å². The molecule has 28 heavy (non-hydrogen) atoms. The molecule has 2 aliphatic heterocycles. The SMILES string of the molecule is ClC1c2ccccc2N=C2CCC(c3ccccc3)(c3ccccc3)CCN21. The number of hydrogen-bond donors (Lipinski definition) is 0. The summed E-state index contributed by atoms with van der Waals surface area (Å²) in [6.45, 7) is 0.894. The molecule has 0 bridgehead atoms. The van der Waals surface area contributed by atoms with E-state index in [-0.39, 0.29) is 10.9 Å². The van der Waals surface area contributed by atoms with E-state index in [0.717, 1.165) is 42.9 Å². The summed E-state index contributed by atoms with van der Waals surface area (Å²) in [7, 11) is 0. The Morgan fingerprint density at radius 1 is 0.786 bits per heavy atom. The lowest BCUT2D eigenvalue weighted by atomic mass is 9.69. The van der Waals surface area contributed by atoms with E-state index in [2.05, 4.69) is 77.7 Å². The van der Waals surface area contributed by atoms with Gasteiger partial charge in [-0.1, -0.05) is 90.5 Å². The molecule has 5 rings (SSSR count). The van der Waals surface area contributed by atoms with Crippen molar-refractivity contribution in [3.05, 3.63) is 102 Å². The smallest absolute Gasteiger partial charge is 0.132 e. The molecule has 2 nitrogen and oxygen atoms in total. The van der Waals surface area contributed by atoms with Gasteiger partial charge in [0.1, 0.15) is 11.3 Å². The lowest BCUT2D eigenvalue weighted by Crippen LogP contribution is -2.35. The lowest BCUT2D eigenvalue weighted by Gasteiger charge is -2.35. The third kappa shape index (κ3) is 2.84. The van der Waals surface area contributed by atoms with E-state index in [1.165, 1.54) is 11.1 Å². The average molecular weight is 387 g/mol. The van der Waals surface area contributed by atoms with Crippen molar-refractivity contribution in [2.45, 2.75) is 30.2 Å². The molecular weight excluding hydrogens is 364 g/mol. The Kier molecular flexibility index (Phi) is 4.44. The topological polar surface area (TPSA) is 15.6 Å². The molecule has 2 aliphatic rings. The van der Waals surface area contributed by atoms with Crippen LogP contribution >= 0.6 is 11.6 Å². The lowest BCUT2D eigenvalue weighted by molar-refractivity contribution is 0.354. The average Bonchev–Trinajstić information content (AvgIpc) is 2.96. The number of amidine groups is 1. The number of aliphatic imine (C=N–C) groups is 1. The molecule has 1 saturated heterocycles. The molecule has 3 aromatic rings. The fraction of sp³-hybridized carbons (Fsp3) is 0.240. The highest BCUT2D eigenvalue weighted by Gasteiger charge is 2.40. The summed E-state index contributed by atoms with van der Waals surface area (Å²) in [6.07, 6.45) is 2.97. The third-order valence-corrected chi connectivity index (χ3v) is 6.73. The minimum absolute atomic E-state index is 0.0226. The summed E-state index contributed by atoms with van der Waals surface area (Å²) in [5, 5.41) is 0. The van der Waals surface area contributed by atoms with Gasteiger partial charge in [-0.3, -0.25) is 0 Å². The maximum atomic E-state index is 6.92. The van der Waals surface area contributed by atoms with Crippen molar-refractivity contribution in [3.63, 3.8) is 0 Å². The number of nitrogens with zero attached hydrogens (tertiary/aromatic N) is 2. The minimum atomic E-state index is -0.147. The Balaban J connectivity index is 1.59. The maximum Gasteiger partial charge on any atom is 0.132 e. The molecule has 0 spiro atoms. The van der Waals surface area contributed by atoms with Crippen LogP contribution in [-0.4, -0.2) is 17.3 Å². The Morgan fingerprint density at radius 3 is 2.07 bits per heavy atom. The zero-order valence-corrected chi connectivity index (χ0v) is 16.5. The molecule has 1 fully saturated rings. The van der Waals surface area contributed by atoms with Gasteiger partial charge in [-0.05, 0) is 30.0 Å². The molecule has 0 amide bonds. The van der Waals surface area contributed by atoms with Crippen molar-refractivity contribution >= 4 is 23.1 Å². The van der Waals surface area contributed by atoms with Crippen LogP contribution in [0.5, 0.6) is 0 Å². The Hall–Kier alpha value is -2.58. The van der Waals surface area contributed by atoms with Crippen LogP contribution in [0.2, 0.25) is 0 Å². The molecule has 0 aliphatic carbocycles. The zero-order chi connectivity index (χ0) is 19.0. The van der Waals surface area contributed by atoms with Gasteiger partial charge in [0, 0.05) is 23.9 Å². The number of fused-ring (bicyclic) bond motifs is 2. The van der Waals surface area contributed by atoms with Gasteiger partial charge in [0.15, 0.2) is 0 Å². The molecule has 2 heterocycles. The standard InChI is InChI=1S/C25H23ClN2/c26-24-21-13-7-8-14-22(21)27-23-15-16-25(17-18-28(23)24,19-9-3-1-4-10-19)20-11-5-2-6-12-20/h1-14,24H,15-18H2. The number of benzene rings is 3. The number of halogens is 1. The predicted molar refractivity (Wildman–Crippen MR) is 116 cm³/mol. The van der Waals surface area contributed by atoms with E-state index in [1.54, 1.807) is 0 Å². The minimum Gasteiger partial charge on any atom is -0.340 e. The molecule has 1 unspecified atom stereocenters. The van der Waals surface area contributed by atoms with Crippen LogP contribution in [-0.2, 0) is 5.41 Å². The Morgan fingerprint density at radius 2 is 1.39 bits per heavy atom. The first-order chi connectivity index (χ1) is 13.8. The van der Waals surface area contributed by atoms with Gasteiger partial charge in [0.25, 0.3) is 0 Å². The van der Waals surface area contributed by atoms with Crippen molar-refractivity contribution in [1.82, 2.24) is 4.90 Å². The van der Waals surface area contributed by atoms with Gasteiger partial charge in [-0.2, -0.15) is 0 Å². The van der Waals surface area contributed by atoms with Gasteiger partial charge < -0.3 is 4.90 Å². The molecule has 0 radical (unpaired) electrons. The van der Waals surface area contributed by atoms with Crippen LogP contribution in [0.3, 0.4) is 0 Å². The van der Waals surface area contributed by atoms with Gasteiger partial charge in [0.2, 0.25) is 0 Å². The van der Waals surface area contributed by atoms with E-state index >= 15 is 0 Å². The summed E-state index contributed by atoms with van der Waals surface area (Å²) >= 11 is 6.92. The first kappa shape index (κ1) is 17.5. The highest BCUT2D eigenvalue weighted by Crippen LogP contribution is 2.46. The van der Waals surface area contributed by atoms with Crippen LogP contribution < -0.4 is 0 Å². The first-order valence-electron chi connectivity index (χ1n) is 9.96. The Labute approximate surface area is 171 Å². The molecule has 3 heteroatoms. The molecule has 0 saturated carbocycles. The predicted octanol–water partition coefficient (Wildman–Crippen LogP) is 6.44. The summed E-state index contributed by atoms with van der Waals surface area (Å²) in [5.74, 6) is 1.12. The van der Waals surface area contributed by atoms with Gasteiger partial charge >= 0.3 is 0 Å². The van der Waals surface area contributed by atoms with Crippen molar-refractivity contribution in [3.8, 4) is 0 Å². The van der Waals surface area contributed by atoms with E-state index < -0.39 is 0 Å². The van der Waals surface area contributed by atoms with Crippen LogP contribution in [0, 0.1) is 0 Å². The molecule has 1 atom stereocenters. The summed E-state index contributed by atoms with van der Waals surface area (Å²) in [6, 6.07) is 30.1. The summed E-state index contributed by atoms with van der Waals surface area (Å²) in [4.78, 5) is 7.29. The molecular formula is C25H23ClN2. The summed E-state index contributed by atoms with van der Waals surface area (Å²) < 4.78 is 0. The van der Waals surface area contributed by atoms with Crippen molar-refractivity contribution in [1.29, 1.82) is 0 Å². The second-order valence-electron chi connectivity index (χ2n) is 7.68. The van der Waals surface area contributed by atoms with Gasteiger partial charge in [-0.15, -0.1) is 0 Å². The third-order valence-electron chi connectivity index (χ3n) is 6.26. The van der Waals surface area contributed by atoms with Gasteiger partial charge in [-0.25, -0.2) is 4.99 Å². The maximum absolute atomic E-state index is 6.92. The molecule has 0 aromatic heterocycles. The van der Waals surface area contributed by atoms with E-state index in [1.807, 2.05) is 12.1 Å². The number of rotatable bonds is 2. The van der Waals surface area contributed by atoms with Crippen LogP contribution in [0.4, 0.5) is 5.69 Å². The second-order valence-corrected chi connectivity index (χ2v) is 8.09. The molecule has 0 N–H and O–H groups in total. The largest absolute Gasteiger partial charge is 0.340 e. The normalized spacial score (nSPS) is 20.5. The number of alkyl halides is 1. The van der Waals surface area contributed by atoms with Crippen molar-refractivity contribution in [2.24, 2.45) is 4.99 Å². The van der Waals surface area contributed by atoms with Crippen LogP contribution in [0.15, 0.2) is 89.9 Å². The van der Waals surface area contributed by atoms with E-state index in [4.69, 9.17) is 16.6 Å². The number of para-hydroxylation sites is 1. The molecule has 140 valence electrons. The monoisotopic (exact) mass is 386 g/mol. The Bertz CT molecular complexity index is 958. The highest BCUT2D eigenvalue weighted by molar-refractivity contribution is 6.22. The zero-order valence-electron chi connectivity index (χ0n) is 15.8. The van der Waals surface area contributed by atoms with Crippen molar-refractivity contribution < 1.29 is 0 Å². The van der Waals surface area contributed by atoms with Crippen molar-refractivity contribution in [2.75, 3.05) is 6.54 Å². The van der Waals surface area contributed by atoms with E-state index in [0.29, 0.717) is 0 Å². The molecule has 3 aromatic carbocycles.